The van der Waals surface area contributed by atoms with Crippen LogP contribution in [0.5, 0.6) is 11.5 Å². The molecule has 0 saturated heterocycles. The van der Waals surface area contributed by atoms with E-state index in [4.69, 9.17) is 9.47 Å². The third kappa shape index (κ3) is 1.83. The predicted octanol–water partition coefficient (Wildman–Crippen LogP) is 2.74. The summed E-state index contributed by atoms with van der Waals surface area (Å²) in [6, 6.07) is 0. The molecule has 2 aliphatic heterocycles. The minimum absolute atomic E-state index is 0.0994. The molecule has 3 heteroatoms. The Bertz CT molecular complexity index is 482. The van der Waals surface area contributed by atoms with Gasteiger partial charge in [0.05, 0.1) is 0 Å². The normalized spacial score (nSPS) is 25.5. The first-order valence-electron chi connectivity index (χ1n) is 7.15. The van der Waals surface area contributed by atoms with E-state index in [9.17, 15) is 5.11 Å². The largest absolute Gasteiger partial charge is 0.490 e. The van der Waals surface area contributed by atoms with Crippen LogP contribution in [-0.2, 0) is 12.8 Å². The van der Waals surface area contributed by atoms with Crippen LogP contribution >= 0.6 is 0 Å². The molecule has 0 aromatic heterocycles. The SMILES string of the molecule is Cc1c2c(c(C(C)CO)c3c1OC(C)C3)OC(C)C2. The second kappa shape index (κ2) is 4.41. The van der Waals surface area contributed by atoms with Gasteiger partial charge in [0, 0.05) is 42.1 Å². The second-order valence-corrected chi connectivity index (χ2v) is 6.00. The van der Waals surface area contributed by atoms with E-state index >= 15 is 0 Å². The third-order valence-corrected chi connectivity index (χ3v) is 4.30. The molecular weight excluding hydrogens is 240 g/mol. The van der Waals surface area contributed by atoms with Gasteiger partial charge in [-0.3, -0.25) is 0 Å². The van der Waals surface area contributed by atoms with Gasteiger partial charge in [-0.15, -0.1) is 0 Å². The van der Waals surface area contributed by atoms with E-state index in [1.54, 1.807) is 0 Å². The monoisotopic (exact) mass is 262 g/mol. The molecule has 3 unspecified atom stereocenters. The summed E-state index contributed by atoms with van der Waals surface area (Å²) in [4.78, 5) is 0. The average Bonchev–Trinajstić information content (AvgIpc) is 2.92. The van der Waals surface area contributed by atoms with Crippen molar-refractivity contribution < 1.29 is 14.6 Å². The van der Waals surface area contributed by atoms with Crippen LogP contribution in [0.15, 0.2) is 0 Å². The van der Waals surface area contributed by atoms with Crippen molar-refractivity contribution in [1.29, 1.82) is 0 Å². The lowest BCUT2D eigenvalue weighted by Gasteiger charge is -2.19. The first-order chi connectivity index (χ1) is 9.02. The number of hydrogen-bond acceptors (Lipinski definition) is 3. The molecule has 3 nitrogen and oxygen atoms in total. The highest BCUT2D eigenvalue weighted by Gasteiger charge is 2.35. The van der Waals surface area contributed by atoms with Crippen molar-refractivity contribution in [3.05, 3.63) is 22.3 Å². The molecule has 3 rings (SSSR count). The molecule has 3 atom stereocenters. The van der Waals surface area contributed by atoms with Gasteiger partial charge in [0.15, 0.2) is 0 Å². The highest BCUT2D eigenvalue weighted by Crippen LogP contribution is 2.48. The number of hydrogen-bond donors (Lipinski definition) is 1. The fraction of sp³-hybridized carbons (Fsp3) is 0.625. The zero-order valence-electron chi connectivity index (χ0n) is 12.1. The van der Waals surface area contributed by atoms with Crippen LogP contribution < -0.4 is 9.47 Å². The zero-order valence-corrected chi connectivity index (χ0v) is 12.1. The summed E-state index contributed by atoms with van der Waals surface area (Å²) >= 11 is 0. The summed E-state index contributed by atoms with van der Waals surface area (Å²) in [5.74, 6) is 2.16. The average molecular weight is 262 g/mol. The van der Waals surface area contributed by atoms with Crippen molar-refractivity contribution in [2.24, 2.45) is 0 Å². The fourth-order valence-corrected chi connectivity index (χ4v) is 3.37. The zero-order chi connectivity index (χ0) is 13.7. The van der Waals surface area contributed by atoms with Crippen molar-refractivity contribution in [3.63, 3.8) is 0 Å². The lowest BCUT2D eigenvalue weighted by molar-refractivity contribution is 0.241. The van der Waals surface area contributed by atoms with Crippen LogP contribution in [0.4, 0.5) is 0 Å². The maximum absolute atomic E-state index is 9.56. The number of ether oxygens (including phenoxy) is 2. The van der Waals surface area contributed by atoms with E-state index < -0.39 is 0 Å². The number of aliphatic hydroxyl groups is 1. The van der Waals surface area contributed by atoms with Crippen LogP contribution in [0.1, 0.15) is 48.9 Å². The summed E-state index contributed by atoms with van der Waals surface area (Å²) in [5.41, 5.74) is 4.93. The van der Waals surface area contributed by atoms with Crippen LogP contribution in [0.3, 0.4) is 0 Å². The highest BCUT2D eigenvalue weighted by molar-refractivity contribution is 5.63. The quantitative estimate of drug-likeness (QED) is 0.890. The number of benzene rings is 1. The van der Waals surface area contributed by atoms with Crippen LogP contribution in [0.25, 0.3) is 0 Å². The van der Waals surface area contributed by atoms with Gasteiger partial charge in [-0.05, 0) is 26.3 Å². The van der Waals surface area contributed by atoms with Gasteiger partial charge in [-0.2, -0.15) is 0 Å². The van der Waals surface area contributed by atoms with Gasteiger partial charge >= 0.3 is 0 Å². The van der Waals surface area contributed by atoms with E-state index in [1.165, 1.54) is 22.3 Å². The Kier molecular flexibility index (Phi) is 2.97. The summed E-state index contributed by atoms with van der Waals surface area (Å²) in [6.07, 6.45) is 2.30. The lowest BCUT2D eigenvalue weighted by Crippen LogP contribution is -2.09. The van der Waals surface area contributed by atoms with Gasteiger partial charge < -0.3 is 14.6 Å². The van der Waals surface area contributed by atoms with E-state index in [-0.39, 0.29) is 24.7 Å². The Labute approximate surface area is 114 Å². The first kappa shape index (κ1) is 12.8. The Balaban J connectivity index is 2.23. The van der Waals surface area contributed by atoms with Gasteiger partial charge in [-0.1, -0.05) is 6.92 Å². The van der Waals surface area contributed by atoms with Gasteiger partial charge in [0.1, 0.15) is 23.7 Å². The molecule has 0 fully saturated rings. The summed E-state index contributed by atoms with van der Waals surface area (Å²) in [6.45, 7) is 8.53. The maximum atomic E-state index is 9.56. The number of aliphatic hydroxyl groups excluding tert-OH is 1. The molecule has 0 saturated carbocycles. The van der Waals surface area contributed by atoms with E-state index in [2.05, 4.69) is 27.7 Å². The highest BCUT2D eigenvalue weighted by atomic mass is 16.5. The standard InChI is InChI=1S/C16H22O3/c1-8(7-17)14-13-6-10(3)18-15(13)11(4)12-5-9(2)19-16(12)14/h8-10,17H,5-7H2,1-4H3. The molecule has 2 aliphatic rings. The van der Waals surface area contributed by atoms with Crippen molar-refractivity contribution in [3.8, 4) is 11.5 Å². The van der Waals surface area contributed by atoms with Gasteiger partial charge in [0.2, 0.25) is 0 Å². The Morgan fingerprint density at radius 1 is 1.11 bits per heavy atom. The molecule has 0 radical (unpaired) electrons. The molecule has 0 bridgehead atoms. The molecule has 1 N–H and O–H groups in total. The number of rotatable bonds is 2. The van der Waals surface area contributed by atoms with E-state index in [1.807, 2.05) is 0 Å². The van der Waals surface area contributed by atoms with Crippen molar-refractivity contribution in [2.45, 2.75) is 58.7 Å². The van der Waals surface area contributed by atoms with Crippen LogP contribution in [0.2, 0.25) is 0 Å². The Morgan fingerprint density at radius 2 is 1.68 bits per heavy atom. The third-order valence-electron chi connectivity index (χ3n) is 4.30. The number of fused-ring (bicyclic) bond motifs is 2. The van der Waals surface area contributed by atoms with Crippen molar-refractivity contribution >= 4 is 0 Å². The Hall–Kier alpha value is -1.22. The summed E-state index contributed by atoms with van der Waals surface area (Å²) in [7, 11) is 0. The minimum Gasteiger partial charge on any atom is -0.490 e. The molecule has 1 aromatic rings. The molecule has 0 amide bonds. The predicted molar refractivity (Wildman–Crippen MR) is 74.3 cm³/mol. The molecular formula is C16H22O3. The van der Waals surface area contributed by atoms with E-state index in [0.717, 1.165) is 24.3 Å². The molecule has 1 aromatic carbocycles. The van der Waals surface area contributed by atoms with Gasteiger partial charge in [0.25, 0.3) is 0 Å². The summed E-state index contributed by atoms with van der Waals surface area (Å²) < 4.78 is 12.0. The molecule has 0 spiro atoms. The fourth-order valence-electron chi connectivity index (χ4n) is 3.37. The minimum atomic E-state index is 0.0994. The van der Waals surface area contributed by atoms with E-state index in [0.29, 0.717) is 0 Å². The smallest absolute Gasteiger partial charge is 0.127 e. The second-order valence-electron chi connectivity index (χ2n) is 6.00. The Morgan fingerprint density at radius 3 is 2.32 bits per heavy atom. The lowest BCUT2D eigenvalue weighted by atomic mass is 9.88. The summed E-state index contributed by atoms with van der Waals surface area (Å²) in [5, 5.41) is 9.56. The van der Waals surface area contributed by atoms with Crippen LogP contribution in [0, 0.1) is 6.92 Å². The van der Waals surface area contributed by atoms with Crippen molar-refractivity contribution in [2.75, 3.05) is 6.61 Å². The van der Waals surface area contributed by atoms with Gasteiger partial charge in [-0.25, -0.2) is 0 Å². The molecule has 0 aliphatic carbocycles. The first-order valence-corrected chi connectivity index (χ1v) is 7.15. The van der Waals surface area contributed by atoms with Crippen LogP contribution in [-0.4, -0.2) is 23.9 Å². The molecule has 104 valence electrons. The van der Waals surface area contributed by atoms with Crippen molar-refractivity contribution in [1.82, 2.24) is 0 Å². The molecule has 19 heavy (non-hydrogen) atoms. The topological polar surface area (TPSA) is 38.7 Å². The molecule has 2 heterocycles. The maximum Gasteiger partial charge on any atom is 0.127 e.